The Labute approximate surface area is 240 Å². The van der Waals surface area contributed by atoms with Gasteiger partial charge in [-0.05, 0) is 38.4 Å². The number of aryl methyl sites for hydroxylation is 1. The molecular formula is C19H25N6O15P3. The number of ether oxygens (including phenoxy) is 2. The number of rotatable bonds is 12. The molecule has 21 nitrogen and oxygen atoms in total. The van der Waals surface area contributed by atoms with Crippen LogP contribution in [0.2, 0.25) is 0 Å². The summed E-state index contributed by atoms with van der Waals surface area (Å²) in [5.74, 6) is -1.02. The fraction of sp³-hybridized carbons (Fsp3) is 0.474. The van der Waals surface area contributed by atoms with Crippen LogP contribution in [0.4, 0.5) is 0 Å². The highest BCUT2D eigenvalue weighted by Gasteiger charge is 2.44. The van der Waals surface area contributed by atoms with E-state index in [2.05, 4.69) is 33.1 Å². The number of hydrogen-bond acceptors (Lipinski definition) is 13. The second-order valence-electron chi connectivity index (χ2n) is 9.32. The van der Waals surface area contributed by atoms with Crippen molar-refractivity contribution < 1.29 is 60.7 Å². The highest BCUT2D eigenvalue weighted by Crippen LogP contribution is 2.66. The SMILES string of the molecule is Cc1cn([C@H]2C[C@@H](OC(=O)c3cccnc3C(C)(C)N=[N+]=[N-])[C@@H](COP(=O)(O)OP(=O)(O)OP(=O)(O)O)O2)c(=O)[nH]c1=O. The number of hydrogen-bond donors (Lipinski definition) is 5. The summed E-state index contributed by atoms with van der Waals surface area (Å²) in [6.45, 7) is 3.34. The molecule has 2 aromatic rings. The third-order valence-corrected chi connectivity index (χ3v) is 9.42. The van der Waals surface area contributed by atoms with Gasteiger partial charge in [0, 0.05) is 29.3 Å². The number of nitrogens with zero attached hydrogens (tertiary/aromatic N) is 5. The maximum Gasteiger partial charge on any atom is 0.490 e. The number of azide groups is 1. The fourth-order valence-corrected chi connectivity index (χ4v) is 6.86. The van der Waals surface area contributed by atoms with Crippen molar-refractivity contribution in [1.29, 1.82) is 0 Å². The second-order valence-corrected chi connectivity index (χ2v) is 13.7. The first kappa shape index (κ1) is 34.5. The summed E-state index contributed by atoms with van der Waals surface area (Å²) in [6.07, 6.45) is -1.90. The van der Waals surface area contributed by atoms with Crippen LogP contribution in [0.25, 0.3) is 10.4 Å². The summed E-state index contributed by atoms with van der Waals surface area (Å²) >= 11 is 0. The van der Waals surface area contributed by atoms with E-state index >= 15 is 0 Å². The number of phosphoric ester groups is 1. The van der Waals surface area contributed by atoms with Crippen LogP contribution in [0.3, 0.4) is 0 Å². The number of esters is 1. The molecule has 0 aromatic carbocycles. The van der Waals surface area contributed by atoms with Crippen LogP contribution in [0, 0.1) is 6.92 Å². The molecule has 1 fully saturated rings. The van der Waals surface area contributed by atoms with Crippen LogP contribution in [0.5, 0.6) is 0 Å². The van der Waals surface area contributed by atoms with Gasteiger partial charge in [-0.25, -0.2) is 23.3 Å². The van der Waals surface area contributed by atoms with E-state index in [1.165, 1.54) is 39.1 Å². The zero-order chi connectivity index (χ0) is 32.4. The maximum atomic E-state index is 13.2. The van der Waals surface area contributed by atoms with Gasteiger partial charge in [0.2, 0.25) is 0 Å². The average molecular weight is 670 g/mol. The number of phosphoric acid groups is 3. The normalized spacial score (nSPS) is 21.8. The number of carbonyl (C=O) groups is 1. The minimum absolute atomic E-state index is 0.0329. The Bertz CT molecular complexity index is 1700. The summed E-state index contributed by atoms with van der Waals surface area (Å²) < 4.78 is 59.0. The first-order chi connectivity index (χ1) is 19.7. The summed E-state index contributed by atoms with van der Waals surface area (Å²) in [5.41, 5.74) is 6.01. The van der Waals surface area contributed by atoms with E-state index < -0.39 is 71.3 Å². The molecule has 1 saturated heterocycles. The molecule has 1 aliphatic heterocycles. The molecule has 2 aromatic heterocycles. The van der Waals surface area contributed by atoms with Crippen molar-refractivity contribution in [1.82, 2.24) is 14.5 Å². The van der Waals surface area contributed by atoms with Crippen molar-refractivity contribution in [2.75, 3.05) is 6.61 Å². The monoisotopic (exact) mass is 670 g/mol. The van der Waals surface area contributed by atoms with Gasteiger partial charge in [-0.3, -0.25) is 23.9 Å². The van der Waals surface area contributed by atoms with Crippen molar-refractivity contribution in [3.05, 3.63) is 72.6 Å². The minimum Gasteiger partial charge on any atom is -0.456 e. The lowest BCUT2D eigenvalue weighted by molar-refractivity contribution is -0.0512. The molecule has 24 heteroatoms. The Morgan fingerprint density at radius 3 is 2.53 bits per heavy atom. The minimum atomic E-state index is -5.83. The highest BCUT2D eigenvalue weighted by atomic mass is 31.3. The third kappa shape index (κ3) is 9.23. The Balaban J connectivity index is 1.90. The van der Waals surface area contributed by atoms with Crippen molar-refractivity contribution in [2.24, 2.45) is 5.11 Å². The molecule has 0 bridgehead atoms. The lowest BCUT2D eigenvalue weighted by atomic mass is 9.96. The number of aromatic amines is 1. The molecule has 43 heavy (non-hydrogen) atoms. The molecule has 3 heterocycles. The molecule has 236 valence electrons. The van der Waals surface area contributed by atoms with E-state index in [1.807, 2.05) is 0 Å². The lowest BCUT2D eigenvalue weighted by Gasteiger charge is -2.23. The predicted molar refractivity (Wildman–Crippen MR) is 140 cm³/mol. The van der Waals surface area contributed by atoms with Crippen molar-refractivity contribution in [3.63, 3.8) is 0 Å². The van der Waals surface area contributed by atoms with Crippen LogP contribution in [-0.4, -0.2) is 58.9 Å². The van der Waals surface area contributed by atoms with Crippen LogP contribution < -0.4 is 11.2 Å². The van der Waals surface area contributed by atoms with Gasteiger partial charge in [0.15, 0.2) is 0 Å². The van der Waals surface area contributed by atoms with E-state index in [1.54, 1.807) is 0 Å². The third-order valence-electron chi connectivity index (χ3n) is 5.61. The van der Waals surface area contributed by atoms with Crippen molar-refractivity contribution in [2.45, 2.75) is 51.2 Å². The van der Waals surface area contributed by atoms with Crippen LogP contribution in [-0.2, 0) is 41.9 Å². The molecule has 5 atom stereocenters. The van der Waals surface area contributed by atoms with Gasteiger partial charge in [-0.1, -0.05) is 5.11 Å². The summed E-state index contributed by atoms with van der Waals surface area (Å²) in [4.78, 5) is 83.0. The average Bonchev–Trinajstić information content (AvgIpc) is 3.25. The van der Waals surface area contributed by atoms with Gasteiger partial charge in [-0.2, -0.15) is 8.62 Å². The topological polar surface area (TPSA) is 312 Å². The summed E-state index contributed by atoms with van der Waals surface area (Å²) in [6, 6.07) is 2.72. The number of pyridine rings is 1. The predicted octanol–water partition coefficient (Wildman–Crippen LogP) is 1.64. The molecule has 0 saturated carbocycles. The van der Waals surface area contributed by atoms with Crippen molar-refractivity contribution in [3.8, 4) is 0 Å². The van der Waals surface area contributed by atoms with Gasteiger partial charge < -0.3 is 29.0 Å². The number of carbonyl (C=O) groups excluding carboxylic acids is 1. The lowest BCUT2D eigenvalue weighted by Crippen LogP contribution is -2.33. The number of aromatic nitrogens is 3. The highest BCUT2D eigenvalue weighted by molar-refractivity contribution is 7.66. The van der Waals surface area contributed by atoms with E-state index in [4.69, 9.17) is 24.8 Å². The van der Waals surface area contributed by atoms with E-state index in [9.17, 15) is 37.9 Å². The van der Waals surface area contributed by atoms with Crippen LogP contribution >= 0.6 is 23.5 Å². The Kier molecular flexibility index (Phi) is 10.4. The molecule has 1 aliphatic rings. The van der Waals surface area contributed by atoms with Gasteiger partial charge in [0.05, 0.1) is 23.4 Å². The zero-order valence-electron chi connectivity index (χ0n) is 22.3. The van der Waals surface area contributed by atoms with E-state index in [0.717, 1.165) is 10.8 Å². The van der Waals surface area contributed by atoms with Crippen LogP contribution in [0.15, 0.2) is 39.2 Å². The molecule has 5 N–H and O–H groups in total. The number of H-pyrrole nitrogens is 1. The standard InChI is InChI=1S/C19H25N6O15P3/c1-10-8-25(18(28)22-16(10)26)14-7-12(38-17(27)11-5-4-6-21-15(11)19(2,3)23-24-20)13(37-14)9-36-42(32,33)40-43(34,35)39-41(29,30)31/h4-6,8,12-14H,7,9H2,1-3H3,(H,32,33)(H,34,35)(H,22,26,28)(H2,29,30,31)/t12-,13-,14-/m1/s1. The fourth-order valence-electron chi connectivity index (χ4n) is 3.83. The van der Waals surface area contributed by atoms with Gasteiger partial charge in [-0.15, -0.1) is 0 Å². The van der Waals surface area contributed by atoms with Gasteiger partial charge in [0.25, 0.3) is 5.56 Å². The van der Waals surface area contributed by atoms with Crippen LogP contribution in [0.1, 0.15) is 48.1 Å². The molecule has 3 rings (SSSR count). The molecular weight excluding hydrogens is 645 g/mol. The Morgan fingerprint density at radius 1 is 1.23 bits per heavy atom. The summed E-state index contributed by atoms with van der Waals surface area (Å²) in [5, 5.41) is 3.62. The molecule has 0 radical (unpaired) electrons. The first-order valence-electron chi connectivity index (χ1n) is 11.7. The second kappa shape index (κ2) is 12.9. The maximum absolute atomic E-state index is 13.2. The quantitative estimate of drug-likeness (QED) is 0.0704. The summed E-state index contributed by atoms with van der Waals surface area (Å²) in [7, 11) is -17.1. The Morgan fingerprint density at radius 2 is 1.91 bits per heavy atom. The molecule has 0 amide bonds. The molecule has 0 aliphatic carbocycles. The van der Waals surface area contributed by atoms with Gasteiger partial charge >= 0.3 is 35.1 Å². The molecule has 2 unspecified atom stereocenters. The largest absolute Gasteiger partial charge is 0.490 e. The first-order valence-corrected chi connectivity index (χ1v) is 16.2. The van der Waals surface area contributed by atoms with Gasteiger partial charge in [0.1, 0.15) is 18.4 Å². The number of nitrogens with one attached hydrogen (secondary N) is 1. The zero-order valence-corrected chi connectivity index (χ0v) is 25.0. The smallest absolute Gasteiger partial charge is 0.456 e. The molecule has 0 spiro atoms. The van der Waals surface area contributed by atoms with E-state index in [0.29, 0.717) is 0 Å². The van der Waals surface area contributed by atoms with Crippen molar-refractivity contribution >= 4 is 29.4 Å². The Hall–Kier alpha value is -3.02. The van der Waals surface area contributed by atoms with E-state index in [-0.39, 0.29) is 23.2 Å².